The van der Waals surface area contributed by atoms with Crippen molar-refractivity contribution < 1.29 is 22.0 Å². The van der Waals surface area contributed by atoms with Crippen LogP contribution >= 0.6 is 11.3 Å². The van der Waals surface area contributed by atoms with E-state index in [1.165, 1.54) is 18.5 Å². The van der Waals surface area contributed by atoms with Crippen LogP contribution in [0.5, 0.6) is 0 Å². The Labute approximate surface area is 183 Å². The number of hydrogen-bond donors (Lipinski definition) is 2. The molecule has 3 heterocycles. The Morgan fingerprint density at radius 1 is 1.23 bits per heavy atom. The number of rotatable bonds is 6. The average Bonchev–Trinajstić information content (AvgIpc) is 3.18. The van der Waals surface area contributed by atoms with Crippen LogP contribution < -0.4 is 10.6 Å². The number of sulfone groups is 1. The van der Waals surface area contributed by atoms with E-state index in [2.05, 4.69) is 20.6 Å². The maximum absolute atomic E-state index is 13.8. The van der Waals surface area contributed by atoms with Crippen LogP contribution in [0.25, 0.3) is 10.4 Å². The molecule has 1 amide bonds. The standard InChI is InChI=1S/C20H24F2N4O3S2/c1-20(5-2-6-20)26-16-9-13(17(21)22)14(10-23-16)15-11-24-19(30-15)18(27)25-12-3-7-31(28,29)8-4-12/h9-12,17H,2-8H2,1H3,(H,23,26)(H,25,27). The van der Waals surface area contributed by atoms with Gasteiger partial charge in [-0.2, -0.15) is 0 Å². The number of alkyl halides is 2. The highest BCUT2D eigenvalue weighted by Gasteiger charge is 2.32. The number of nitrogens with one attached hydrogen (secondary N) is 2. The topological polar surface area (TPSA) is 101 Å². The Bertz CT molecular complexity index is 1070. The summed E-state index contributed by atoms with van der Waals surface area (Å²) < 4.78 is 50.6. The highest BCUT2D eigenvalue weighted by atomic mass is 32.2. The van der Waals surface area contributed by atoms with Gasteiger partial charge in [-0.1, -0.05) is 0 Å². The first-order valence-electron chi connectivity index (χ1n) is 10.2. The first-order valence-corrected chi connectivity index (χ1v) is 12.8. The molecule has 2 N–H and O–H groups in total. The van der Waals surface area contributed by atoms with Crippen molar-refractivity contribution in [2.24, 2.45) is 0 Å². The van der Waals surface area contributed by atoms with Crippen molar-refractivity contribution in [3.63, 3.8) is 0 Å². The molecule has 0 aromatic carbocycles. The van der Waals surface area contributed by atoms with Crippen molar-refractivity contribution in [2.45, 2.75) is 57.0 Å². The second-order valence-electron chi connectivity index (χ2n) is 8.43. The van der Waals surface area contributed by atoms with Gasteiger partial charge in [-0.15, -0.1) is 11.3 Å². The van der Waals surface area contributed by atoms with Crippen molar-refractivity contribution in [1.82, 2.24) is 15.3 Å². The van der Waals surface area contributed by atoms with E-state index >= 15 is 0 Å². The summed E-state index contributed by atoms with van der Waals surface area (Å²) in [5.41, 5.74) is -0.0182. The monoisotopic (exact) mass is 470 g/mol. The zero-order valence-corrected chi connectivity index (χ0v) is 18.7. The van der Waals surface area contributed by atoms with Crippen LogP contribution in [0, 0.1) is 0 Å². The molecule has 168 valence electrons. The minimum Gasteiger partial charge on any atom is -0.365 e. The molecule has 4 rings (SSSR count). The van der Waals surface area contributed by atoms with Crippen molar-refractivity contribution in [3.8, 4) is 10.4 Å². The SMILES string of the molecule is CC1(Nc2cc(C(F)F)c(-c3cnc(C(=O)NC4CCS(=O)(=O)CC4)s3)cn2)CCC1. The molecule has 2 aromatic rings. The van der Waals surface area contributed by atoms with Crippen LogP contribution in [-0.4, -0.2) is 47.4 Å². The van der Waals surface area contributed by atoms with E-state index < -0.39 is 22.2 Å². The highest BCUT2D eigenvalue weighted by Crippen LogP contribution is 2.38. The van der Waals surface area contributed by atoms with Crippen LogP contribution in [-0.2, 0) is 9.84 Å². The molecule has 0 unspecified atom stereocenters. The van der Waals surface area contributed by atoms with E-state index in [0.717, 1.165) is 30.6 Å². The van der Waals surface area contributed by atoms with Gasteiger partial charge in [0.1, 0.15) is 15.7 Å². The second-order valence-corrected chi connectivity index (χ2v) is 11.8. The number of carbonyl (C=O) groups excluding carboxylic acids is 1. The van der Waals surface area contributed by atoms with Crippen molar-refractivity contribution in [2.75, 3.05) is 16.8 Å². The maximum atomic E-state index is 13.8. The molecule has 31 heavy (non-hydrogen) atoms. The molecule has 2 aliphatic rings. The predicted molar refractivity (Wildman–Crippen MR) is 115 cm³/mol. The first kappa shape index (κ1) is 22.1. The number of hydrogen-bond acceptors (Lipinski definition) is 7. The zero-order chi connectivity index (χ0) is 22.2. The fourth-order valence-corrected chi connectivity index (χ4v) is 6.19. The lowest BCUT2D eigenvalue weighted by Crippen LogP contribution is -2.41. The summed E-state index contributed by atoms with van der Waals surface area (Å²) >= 11 is 1.01. The molecule has 1 saturated carbocycles. The van der Waals surface area contributed by atoms with Gasteiger partial charge in [-0.25, -0.2) is 27.2 Å². The number of aromatic nitrogens is 2. The Hall–Kier alpha value is -2.14. The number of nitrogens with zero attached hydrogens (tertiary/aromatic N) is 2. The van der Waals surface area contributed by atoms with E-state index in [0.29, 0.717) is 23.5 Å². The van der Waals surface area contributed by atoms with E-state index in [4.69, 9.17) is 0 Å². The van der Waals surface area contributed by atoms with Gasteiger partial charge < -0.3 is 10.6 Å². The van der Waals surface area contributed by atoms with E-state index in [1.54, 1.807) is 0 Å². The molecule has 0 atom stereocenters. The molecular weight excluding hydrogens is 446 g/mol. The van der Waals surface area contributed by atoms with Crippen molar-refractivity contribution >= 4 is 32.9 Å². The van der Waals surface area contributed by atoms with Gasteiger partial charge in [0.25, 0.3) is 12.3 Å². The van der Waals surface area contributed by atoms with E-state index in [-0.39, 0.29) is 39.2 Å². The molecule has 1 aliphatic heterocycles. The molecule has 0 spiro atoms. The Morgan fingerprint density at radius 3 is 2.55 bits per heavy atom. The third-order valence-electron chi connectivity index (χ3n) is 5.91. The number of anilines is 1. The minimum absolute atomic E-state index is 0.0455. The zero-order valence-electron chi connectivity index (χ0n) is 17.0. The lowest BCUT2D eigenvalue weighted by atomic mass is 9.78. The molecule has 0 bridgehead atoms. The summed E-state index contributed by atoms with van der Waals surface area (Å²) in [4.78, 5) is 21.3. The van der Waals surface area contributed by atoms with E-state index in [9.17, 15) is 22.0 Å². The number of amides is 1. The van der Waals surface area contributed by atoms with Gasteiger partial charge in [0.05, 0.1) is 16.4 Å². The van der Waals surface area contributed by atoms with Crippen LogP contribution in [0.2, 0.25) is 0 Å². The summed E-state index contributed by atoms with van der Waals surface area (Å²) in [5.74, 6) is 0.0765. The molecular formula is C20H24F2N4O3S2. The Kier molecular flexibility index (Phi) is 5.99. The van der Waals surface area contributed by atoms with Crippen molar-refractivity contribution in [3.05, 3.63) is 29.0 Å². The van der Waals surface area contributed by atoms with Crippen LogP contribution in [0.3, 0.4) is 0 Å². The van der Waals surface area contributed by atoms with Gasteiger partial charge in [-0.05, 0) is 45.1 Å². The summed E-state index contributed by atoms with van der Waals surface area (Å²) in [6.45, 7) is 2.05. The number of thiazole rings is 1. The van der Waals surface area contributed by atoms with Gasteiger partial charge >= 0.3 is 0 Å². The quantitative estimate of drug-likeness (QED) is 0.666. The molecule has 11 heteroatoms. The Morgan fingerprint density at radius 2 is 1.94 bits per heavy atom. The van der Waals surface area contributed by atoms with Crippen LogP contribution in [0.1, 0.15) is 60.8 Å². The Balaban J connectivity index is 1.49. The minimum atomic E-state index is -3.02. The van der Waals surface area contributed by atoms with E-state index in [1.807, 2.05) is 6.92 Å². The molecule has 2 aromatic heterocycles. The summed E-state index contributed by atoms with van der Waals surface area (Å²) in [7, 11) is -3.02. The molecule has 7 nitrogen and oxygen atoms in total. The molecule has 0 radical (unpaired) electrons. The van der Waals surface area contributed by atoms with Gasteiger partial charge in [0.2, 0.25) is 0 Å². The summed E-state index contributed by atoms with van der Waals surface area (Å²) in [5, 5.41) is 6.18. The molecule has 2 fully saturated rings. The average molecular weight is 471 g/mol. The number of carbonyl (C=O) groups is 1. The second kappa shape index (κ2) is 8.42. The number of halogens is 2. The largest absolute Gasteiger partial charge is 0.365 e. The van der Waals surface area contributed by atoms with Crippen LogP contribution in [0.4, 0.5) is 14.6 Å². The van der Waals surface area contributed by atoms with Gasteiger partial charge in [-0.3, -0.25) is 4.79 Å². The lowest BCUT2D eigenvalue weighted by Gasteiger charge is -2.39. The smallest absolute Gasteiger partial charge is 0.280 e. The predicted octanol–water partition coefficient (Wildman–Crippen LogP) is 3.80. The van der Waals surface area contributed by atoms with Gasteiger partial charge in [0, 0.05) is 35.1 Å². The fourth-order valence-electron chi connectivity index (χ4n) is 3.85. The fraction of sp³-hybridized carbons (Fsp3) is 0.550. The van der Waals surface area contributed by atoms with Crippen molar-refractivity contribution in [1.29, 1.82) is 0 Å². The third-order valence-corrected chi connectivity index (χ3v) is 8.66. The van der Waals surface area contributed by atoms with Gasteiger partial charge in [0.15, 0.2) is 5.01 Å². The highest BCUT2D eigenvalue weighted by molar-refractivity contribution is 7.91. The molecule has 1 saturated heterocycles. The third kappa shape index (κ3) is 5.03. The number of pyridine rings is 1. The normalized spacial score (nSPS) is 20.3. The van der Waals surface area contributed by atoms with Crippen LogP contribution in [0.15, 0.2) is 18.5 Å². The summed E-state index contributed by atoms with van der Waals surface area (Å²) in [6.07, 6.45) is 3.86. The molecule has 1 aliphatic carbocycles. The summed E-state index contributed by atoms with van der Waals surface area (Å²) in [6, 6.07) is 1.13. The lowest BCUT2D eigenvalue weighted by molar-refractivity contribution is 0.0934. The first-order chi connectivity index (χ1) is 14.6. The maximum Gasteiger partial charge on any atom is 0.280 e.